The van der Waals surface area contributed by atoms with Gasteiger partial charge in [-0.25, -0.2) is 4.79 Å². The van der Waals surface area contributed by atoms with Crippen LogP contribution in [0.25, 0.3) is 0 Å². The van der Waals surface area contributed by atoms with Crippen LogP contribution in [0.3, 0.4) is 0 Å². The lowest BCUT2D eigenvalue weighted by Crippen LogP contribution is -2.47. The molecule has 0 bridgehead atoms. The van der Waals surface area contributed by atoms with Crippen LogP contribution in [-0.4, -0.2) is 69.8 Å². The lowest BCUT2D eigenvalue weighted by Gasteiger charge is -2.38. The van der Waals surface area contributed by atoms with Gasteiger partial charge in [0.2, 0.25) is 5.91 Å². The summed E-state index contributed by atoms with van der Waals surface area (Å²) in [5.41, 5.74) is 2.44. The van der Waals surface area contributed by atoms with Crippen molar-refractivity contribution in [2.75, 3.05) is 24.5 Å². The number of hydrogen-bond donors (Lipinski definition) is 3. The first-order valence-electron chi connectivity index (χ1n) is 11.6. The zero-order chi connectivity index (χ0) is 24.9. The van der Waals surface area contributed by atoms with E-state index in [9.17, 15) is 14.4 Å². The van der Waals surface area contributed by atoms with Gasteiger partial charge in [-0.15, -0.1) is 0 Å². The number of aliphatic hydroxyl groups excluding tert-OH is 1. The van der Waals surface area contributed by atoms with Crippen molar-refractivity contribution < 1.29 is 29.7 Å². The van der Waals surface area contributed by atoms with Crippen LogP contribution < -0.4 is 4.90 Å². The Morgan fingerprint density at radius 1 is 0.971 bits per heavy atom. The van der Waals surface area contributed by atoms with E-state index in [1.807, 2.05) is 30.0 Å². The zero-order valence-electron chi connectivity index (χ0n) is 19.5. The van der Waals surface area contributed by atoms with E-state index in [2.05, 4.69) is 47.4 Å². The van der Waals surface area contributed by atoms with E-state index < -0.39 is 24.5 Å². The topological polar surface area (TPSA) is 118 Å². The van der Waals surface area contributed by atoms with Gasteiger partial charge >= 0.3 is 11.9 Å². The number of nitrogens with zero attached hydrogens (tertiary/aromatic N) is 2. The van der Waals surface area contributed by atoms with Crippen molar-refractivity contribution >= 4 is 23.5 Å². The van der Waals surface area contributed by atoms with E-state index in [1.54, 1.807) is 0 Å². The molecule has 2 aromatic carbocycles. The molecule has 0 spiro atoms. The van der Waals surface area contributed by atoms with E-state index in [0.717, 1.165) is 44.6 Å². The van der Waals surface area contributed by atoms with Crippen molar-refractivity contribution in [2.24, 2.45) is 0 Å². The van der Waals surface area contributed by atoms with Gasteiger partial charge < -0.3 is 25.1 Å². The highest BCUT2D eigenvalue weighted by atomic mass is 16.4. The lowest BCUT2D eigenvalue weighted by molar-refractivity contribution is -0.152. The second-order valence-corrected chi connectivity index (χ2v) is 8.21. The van der Waals surface area contributed by atoms with Crippen LogP contribution >= 0.6 is 0 Å². The Kier molecular flexibility index (Phi) is 11.2. The average Bonchev–Trinajstić information content (AvgIpc) is 2.85. The molecule has 0 saturated carbocycles. The molecule has 1 aliphatic heterocycles. The predicted molar refractivity (Wildman–Crippen MR) is 130 cm³/mol. The maximum Gasteiger partial charge on any atom is 0.333 e. The van der Waals surface area contributed by atoms with Gasteiger partial charge in [0.05, 0.1) is 6.42 Å². The van der Waals surface area contributed by atoms with Gasteiger partial charge in [-0.1, -0.05) is 55.5 Å². The van der Waals surface area contributed by atoms with Crippen molar-refractivity contribution in [3.8, 4) is 0 Å². The Hall–Kier alpha value is -3.23. The molecule has 2 aromatic rings. The number of benzene rings is 2. The molecule has 1 unspecified atom stereocenters. The van der Waals surface area contributed by atoms with Crippen LogP contribution in [0.5, 0.6) is 0 Å². The summed E-state index contributed by atoms with van der Waals surface area (Å²) in [6, 6.07) is 21.1. The van der Waals surface area contributed by atoms with Crippen molar-refractivity contribution in [1.29, 1.82) is 0 Å². The standard InChI is InChI=1S/C22H28N2O.C4H6O5/c1-2-22(25)24(20-11-7-4-8-12-20)21-14-17-23(18-15-21)16-13-19-9-5-3-6-10-19;5-2(4(8)9)1-3(6)7/h3-12,21H,2,13-18H2,1H3;2,5H,1H2,(H,6,7)(H,8,9). The Bertz CT molecular complexity index is 898. The molecule has 0 radical (unpaired) electrons. The normalized spacial score (nSPS) is 15.0. The van der Waals surface area contributed by atoms with E-state index >= 15 is 0 Å². The van der Waals surface area contributed by atoms with Gasteiger partial charge in [0.25, 0.3) is 0 Å². The molecule has 3 N–H and O–H groups in total. The molecule has 1 heterocycles. The Morgan fingerprint density at radius 2 is 1.53 bits per heavy atom. The molecule has 1 atom stereocenters. The first kappa shape index (κ1) is 27.0. The van der Waals surface area contributed by atoms with Crippen LogP contribution in [-0.2, 0) is 20.8 Å². The van der Waals surface area contributed by atoms with Gasteiger partial charge in [-0.05, 0) is 37.0 Å². The first-order chi connectivity index (χ1) is 16.3. The summed E-state index contributed by atoms with van der Waals surface area (Å²) in [6.45, 7) is 5.19. The van der Waals surface area contributed by atoms with Crippen LogP contribution in [0.15, 0.2) is 60.7 Å². The fourth-order valence-electron chi connectivity index (χ4n) is 3.90. The van der Waals surface area contributed by atoms with Gasteiger partial charge in [-0.3, -0.25) is 9.59 Å². The fourth-order valence-corrected chi connectivity index (χ4v) is 3.90. The highest BCUT2D eigenvalue weighted by Gasteiger charge is 2.28. The number of piperidine rings is 1. The molecule has 34 heavy (non-hydrogen) atoms. The van der Waals surface area contributed by atoms with Crippen molar-refractivity contribution in [3.63, 3.8) is 0 Å². The smallest absolute Gasteiger partial charge is 0.333 e. The molecule has 1 fully saturated rings. The number of carbonyl (C=O) groups is 3. The number of carboxylic acids is 2. The summed E-state index contributed by atoms with van der Waals surface area (Å²) < 4.78 is 0. The summed E-state index contributed by atoms with van der Waals surface area (Å²) in [7, 11) is 0. The van der Waals surface area contributed by atoms with E-state index in [0.29, 0.717) is 12.5 Å². The Labute approximate surface area is 200 Å². The van der Waals surface area contributed by atoms with E-state index in [-0.39, 0.29) is 5.91 Å². The number of carboxylic acid groups (broad SMARTS) is 2. The first-order valence-corrected chi connectivity index (χ1v) is 11.6. The molecule has 1 amide bonds. The van der Waals surface area contributed by atoms with Gasteiger partial charge in [0, 0.05) is 37.8 Å². The summed E-state index contributed by atoms with van der Waals surface area (Å²) in [6.07, 6.45) is 1.22. The van der Waals surface area contributed by atoms with Crippen molar-refractivity contribution in [1.82, 2.24) is 4.90 Å². The summed E-state index contributed by atoms with van der Waals surface area (Å²) in [5.74, 6) is -2.61. The Morgan fingerprint density at radius 3 is 2.00 bits per heavy atom. The van der Waals surface area contributed by atoms with Crippen LogP contribution in [0.1, 0.15) is 38.2 Å². The predicted octanol–water partition coefficient (Wildman–Crippen LogP) is 3.04. The minimum atomic E-state index is -1.79. The molecule has 1 aliphatic rings. The largest absolute Gasteiger partial charge is 0.481 e. The summed E-state index contributed by atoms with van der Waals surface area (Å²) in [4.78, 5) is 36.5. The monoisotopic (exact) mass is 470 g/mol. The number of likely N-dealkylation sites (tertiary alicyclic amines) is 1. The molecule has 0 aromatic heterocycles. The average molecular weight is 471 g/mol. The molecule has 184 valence electrons. The third-order valence-electron chi connectivity index (χ3n) is 5.74. The van der Waals surface area contributed by atoms with Crippen LogP contribution in [0.4, 0.5) is 5.69 Å². The van der Waals surface area contributed by atoms with Crippen molar-refractivity contribution in [3.05, 3.63) is 66.2 Å². The van der Waals surface area contributed by atoms with Crippen molar-refractivity contribution in [2.45, 2.75) is 51.2 Å². The number of amides is 1. The third-order valence-corrected chi connectivity index (χ3v) is 5.74. The van der Waals surface area contributed by atoms with Gasteiger partial charge in [0.1, 0.15) is 0 Å². The number of anilines is 1. The minimum Gasteiger partial charge on any atom is -0.481 e. The summed E-state index contributed by atoms with van der Waals surface area (Å²) in [5, 5.41) is 24.1. The number of hydrogen-bond acceptors (Lipinski definition) is 5. The highest BCUT2D eigenvalue weighted by Crippen LogP contribution is 2.24. The Balaban J connectivity index is 0.000000387. The molecule has 3 rings (SSSR count). The maximum absolute atomic E-state index is 12.5. The van der Waals surface area contributed by atoms with Gasteiger partial charge in [-0.2, -0.15) is 0 Å². The molecule has 1 saturated heterocycles. The van der Waals surface area contributed by atoms with Crippen LogP contribution in [0.2, 0.25) is 0 Å². The second kappa shape index (κ2) is 14.1. The molecule has 8 heteroatoms. The number of rotatable bonds is 9. The fraction of sp³-hybridized carbons (Fsp3) is 0.423. The maximum atomic E-state index is 12.5. The van der Waals surface area contributed by atoms with E-state index in [1.165, 1.54) is 5.56 Å². The van der Waals surface area contributed by atoms with Crippen LogP contribution in [0, 0.1) is 0 Å². The molecule has 8 nitrogen and oxygen atoms in total. The van der Waals surface area contributed by atoms with E-state index in [4.69, 9.17) is 15.3 Å². The number of aliphatic carboxylic acids is 2. The number of carbonyl (C=O) groups excluding carboxylic acids is 1. The zero-order valence-corrected chi connectivity index (χ0v) is 19.5. The lowest BCUT2D eigenvalue weighted by atomic mass is 10.0. The third kappa shape index (κ3) is 8.96. The summed E-state index contributed by atoms with van der Waals surface area (Å²) >= 11 is 0. The SMILES string of the molecule is CCC(=O)N(c1ccccc1)C1CCN(CCc2ccccc2)CC1.O=C(O)CC(O)C(=O)O. The number of aliphatic hydroxyl groups is 1. The number of para-hydroxylation sites is 1. The molecule has 0 aliphatic carbocycles. The minimum absolute atomic E-state index is 0.230. The van der Waals surface area contributed by atoms with Gasteiger partial charge in [0.15, 0.2) is 6.10 Å². The quantitative estimate of drug-likeness (QED) is 0.515. The highest BCUT2D eigenvalue weighted by molar-refractivity contribution is 5.93. The molecular formula is C26H34N2O6. The second-order valence-electron chi connectivity index (χ2n) is 8.21. The molecular weight excluding hydrogens is 436 g/mol.